The van der Waals surface area contributed by atoms with E-state index in [0.717, 1.165) is 0 Å². The summed E-state index contributed by atoms with van der Waals surface area (Å²) in [5.41, 5.74) is -4.28. The van der Waals surface area contributed by atoms with E-state index in [-0.39, 0.29) is 19.8 Å². The molecule has 9 heteroatoms. The summed E-state index contributed by atoms with van der Waals surface area (Å²) >= 11 is 0. The number of hydrogen-bond acceptors (Lipinski definition) is 6. The Bertz CT molecular complexity index is 402. The fraction of sp³-hybridized carbons (Fsp3) is 0.909. The Balaban J connectivity index is 2.96. The van der Waals surface area contributed by atoms with E-state index in [2.05, 4.69) is 9.05 Å². The second kappa shape index (κ2) is 6.15. The highest BCUT2D eigenvalue weighted by Gasteiger charge is 2.62. The van der Waals surface area contributed by atoms with Gasteiger partial charge in [-0.3, -0.25) is 9.36 Å². The Hall–Kier alpha value is -0.400. The third-order valence-electron chi connectivity index (χ3n) is 2.54. The van der Waals surface area contributed by atoms with E-state index in [1.807, 2.05) is 0 Å². The monoisotopic (exact) mass is 316 g/mol. The molecule has 0 saturated carbocycles. The molecule has 1 saturated heterocycles. The van der Waals surface area contributed by atoms with Gasteiger partial charge >= 0.3 is 13.3 Å². The van der Waals surface area contributed by atoms with Gasteiger partial charge in [-0.05, 0) is 27.7 Å². The molecule has 1 atom stereocenters. The summed E-state index contributed by atoms with van der Waals surface area (Å²) in [4.78, 5) is 11.9. The van der Waals surface area contributed by atoms with E-state index in [9.17, 15) is 18.1 Å². The first kappa shape index (κ1) is 17.7. The number of carbonyl (C=O) groups excluding carboxylic acids is 1. The third kappa shape index (κ3) is 3.43. The molecule has 1 aliphatic rings. The Labute approximate surface area is 116 Å². The normalized spacial score (nSPS) is 23.0. The van der Waals surface area contributed by atoms with E-state index < -0.39 is 30.9 Å². The van der Waals surface area contributed by atoms with Crippen LogP contribution in [-0.2, 0) is 27.9 Å². The third-order valence-corrected chi connectivity index (χ3v) is 4.64. The van der Waals surface area contributed by atoms with Gasteiger partial charge in [-0.1, -0.05) is 0 Å². The van der Waals surface area contributed by atoms with Gasteiger partial charge in [0.25, 0.3) is 0 Å². The van der Waals surface area contributed by atoms with E-state index in [1.54, 1.807) is 0 Å². The summed E-state index contributed by atoms with van der Waals surface area (Å²) in [6.07, 6.45) is -1.51. The molecule has 1 aliphatic heterocycles. The molecule has 0 aromatic rings. The highest BCUT2D eigenvalue weighted by Crippen LogP contribution is 2.62. The summed E-state index contributed by atoms with van der Waals surface area (Å²) < 4.78 is 59.6. The lowest BCUT2D eigenvalue weighted by Crippen LogP contribution is -2.41. The van der Waals surface area contributed by atoms with Gasteiger partial charge in [0.05, 0.1) is 19.8 Å². The van der Waals surface area contributed by atoms with E-state index in [4.69, 9.17) is 9.47 Å². The van der Waals surface area contributed by atoms with Crippen molar-refractivity contribution in [1.29, 1.82) is 0 Å². The predicted molar refractivity (Wildman–Crippen MR) is 65.7 cm³/mol. The van der Waals surface area contributed by atoms with Gasteiger partial charge in [-0.15, -0.1) is 0 Å². The van der Waals surface area contributed by atoms with Crippen molar-refractivity contribution in [2.24, 2.45) is 0 Å². The number of ketones is 1. The number of halogens is 2. The number of alkyl halides is 2. The summed E-state index contributed by atoms with van der Waals surface area (Å²) in [5, 5.41) is 0. The molecule has 118 valence electrons. The zero-order chi connectivity index (χ0) is 15.6. The van der Waals surface area contributed by atoms with Crippen LogP contribution in [0.15, 0.2) is 0 Å². The fourth-order valence-corrected chi connectivity index (χ4v) is 3.18. The Morgan fingerprint density at radius 2 is 1.85 bits per heavy atom. The van der Waals surface area contributed by atoms with E-state index in [0.29, 0.717) is 0 Å². The van der Waals surface area contributed by atoms with Crippen LogP contribution in [0, 0.1) is 0 Å². The molecule has 0 N–H and O–H groups in total. The first-order chi connectivity index (χ1) is 9.09. The van der Waals surface area contributed by atoms with Crippen molar-refractivity contribution < 1.29 is 36.7 Å². The average molecular weight is 316 g/mol. The predicted octanol–water partition coefficient (Wildman–Crippen LogP) is 2.57. The maximum atomic E-state index is 14.1. The molecule has 1 fully saturated rings. The van der Waals surface area contributed by atoms with Crippen LogP contribution in [0.5, 0.6) is 0 Å². The van der Waals surface area contributed by atoms with Crippen LogP contribution in [0.3, 0.4) is 0 Å². The molecule has 0 aromatic carbocycles. The molecule has 20 heavy (non-hydrogen) atoms. The fourth-order valence-electron chi connectivity index (χ4n) is 1.68. The molecule has 0 aromatic heterocycles. The van der Waals surface area contributed by atoms with Crippen molar-refractivity contribution in [3.05, 3.63) is 0 Å². The van der Waals surface area contributed by atoms with Crippen LogP contribution in [0.2, 0.25) is 0 Å². The van der Waals surface area contributed by atoms with Crippen molar-refractivity contribution in [2.75, 3.05) is 19.8 Å². The SMILES string of the molecule is CCOP(=O)(OCC)C(F)(F)C(=O)[C@@H]1COC(C)(C)O1. The minimum absolute atomic E-state index is 0.270. The minimum atomic E-state index is -4.89. The lowest BCUT2D eigenvalue weighted by atomic mass is 10.2. The van der Waals surface area contributed by atoms with Crippen molar-refractivity contribution in [1.82, 2.24) is 0 Å². The van der Waals surface area contributed by atoms with Crippen molar-refractivity contribution in [2.45, 2.75) is 45.2 Å². The Kier molecular flexibility index (Phi) is 5.43. The largest absolute Gasteiger partial charge is 0.407 e. The van der Waals surface area contributed by atoms with Gasteiger partial charge in [0.2, 0.25) is 5.78 Å². The van der Waals surface area contributed by atoms with Gasteiger partial charge in [-0.2, -0.15) is 8.78 Å². The minimum Gasteiger partial charge on any atom is -0.347 e. The maximum Gasteiger partial charge on any atom is 0.407 e. The molecule has 0 bridgehead atoms. The van der Waals surface area contributed by atoms with Crippen molar-refractivity contribution in [3.63, 3.8) is 0 Å². The summed E-state index contributed by atoms with van der Waals surface area (Å²) in [7, 11) is -4.89. The molecule has 1 rings (SSSR count). The second-order valence-electron chi connectivity index (χ2n) is 4.56. The first-order valence-corrected chi connectivity index (χ1v) is 7.77. The molecular weight excluding hydrogens is 297 g/mol. The van der Waals surface area contributed by atoms with Crippen molar-refractivity contribution >= 4 is 13.4 Å². The van der Waals surface area contributed by atoms with E-state index in [1.165, 1.54) is 27.7 Å². The molecular formula is C11H19F2O6P. The topological polar surface area (TPSA) is 71.1 Å². The summed E-state index contributed by atoms with van der Waals surface area (Å²) in [5.74, 6) is -2.80. The first-order valence-electron chi connectivity index (χ1n) is 6.22. The van der Waals surface area contributed by atoms with Gasteiger partial charge in [0.1, 0.15) is 6.10 Å². The zero-order valence-electron chi connectivity index (χ0n) is 11.9. The Morgan fingerprint density at radius 1 is 1.35 bits per heavy atom. The van der Waals surface area contributed by atoms with Crippen LogP contribution in [0.25, 0.3) is 0 Å². The molecule has 0 amide bonds. The van der Waals surface area contributed by atoms with E-state index >= 15 is 0 Å². The van der Waals surface area contributed by atoms with Gasteiger partial charge in [0.15, 0.2) is 5.79 Å². The number of ether oxygens (including phenoxy) is 2. The number of Topliss-reactive ketones (excluding diaryl/α,β-unsaturated/α-hetero) is 1. The van der Waals surface area contributed by atoms with Crippen LogP contribution < -0.4 is 0 Å². The molecule has 1 heterocycles. The molecule has 0 aliphatic carbocycles. The summed E-state index contributed by atoms with van der Waals surface area (Å²) in [6, 6.07) is 0. The lowest BCUT2D eigenvalue weighted by molar-refractivity contribution is -0.162. The zero-order valence-corrected chi connectivity index (χ0v) is 12.7. The Morgan fingerprint density at radius 3 is 2.20 bits per heavy atom. The van der Waals surface area contributed by atoms with Crippen LogP contribution in [-0.4, -0.2) is 43.2 Å². The molecule has 6 nitrogen and oxygen atoms in total. The smallest absolute Gasteiger partial charge is 0.347 e. The number of carbonyl (C=O) groups is 1. The van der Waals surface area contributed by atoms with Crippen molar-refractivity contribution in [3.8, 4) is 0 Å². The molecule has 0 spiro atoms. The number of rotatable bonds is 7. The highest BCUT2D eigenvalue weighted by molar-refractivity contribution is 7.56. The number of hydrogen-bond donors (Lipinski definition) is 0. The van der Waals surface area contributed by atoms with Gasteiger partial charge in [0, 0.05) is 0 Å². The standard InChI is InChI=1S/C11H19F2O6P/c1-5-17-20(15,18-6-2)11(12,13)9(14)8-7-16-10(3,4)19-8/h8H,5-7H2,1-4H3/t8-/m0/s1. The van der Waals surface area contributed by atoms with Gasteiger partial charge < -0.3 is 18.5 Å². The highest BCUT2D eigenvalue weighted by atomic mass is 31.2. The average Bonchev–Trinajstić information content (AvgIpc) is 2.69. The van der Waals surface area contributed by atoms with Crippen LogP contribution >= 0.6 is 7.60 Å². The van der Waals surface area contributed by atoms with Crippen LogP contribution in [0.1, 0.15) is 27.7 Å². The second-order valence-corrected chi connectivity index (χ2v) is 6.63. The van der Waals surface area contributed by atoms with Gasteiger partial charge in [-0.25, -0.2) is 0 Å². The molecule has 0 unspecified atom stereocenters. The lowest BCUT2D eigenvalue weighted by Gasteiger charge is -2.26. The molecule has 0 radical (unpaired) electrons. The summed E-state index contributed by atoms with van der Waals surface area (Å²) in [6.45, 7) is 4.86. The quantitative estimate of drug-likeness (QED) is 0.672. The maximum absolute atomic E-state index is 14.1. The van der Waals surface area contributed by atoms with Crippen LogP contribution in [0.4, 0.5) is 8.78 Å².